The third kappa shape index (κ3) is 4.75. The Morgan fingerprint density at radius 3 is 2.88 bits per heavy atom. The predicted molar refractivity (Wildman–Crippen MR) is 95.6 cm³/mol. The average molecular weight is 365 g/mol. The Bertz CT molecular complexity index is 753. The monoisotopic (exact) mass is 365 g/mol. The lowest BCUT2D eigenvalue weighted by Crippen LogP contribution is -2.38. The molecule has 1 unspecified atom stereocenters. The molecule has 10 heteroatoms. The van der Waals surface area contributed by atoms with Gasteiger partial charge in [0.2, 0.25) is 0 Å². The van der Waals surface area contributed by atoms with Crippen LogP contribution in [-0.4, -0.2) is 45.3 Å². The van der Waals surface area contributed by atoms with Crippen LogP contribution in [0, 0.1) is 6.92 Å². The fraction of sp³-hybridized carbons (Fsp3) is 0.533. The number of carbonyl (C=O) groups is 1. The fourth-order valence-corrected chi connectivity index (χ4v) is 3.04. The Morgan fingerprint density at radius 1 is 1.52 bits per heavy atom. The molecular formula is C15H23N7O2S. The molecule has 136 valence electrons. The Hall–Kier alpha value is -2.49. The second-order valence-electron chi connectivity index (χ2n) is 5.34. The standard InChI is InChI=1S/C15H23N7O2S/c1-6-24-14(23)12-9(2)19-13(25-12)10(3)20-15(16-4)17-7-11-21-18-8-22(11)5/h8,10H,6-7H2,1-5H3,(H2,16,17,20). The largest absolute Gasteiger partial charge is 0.462 e. The van der Waals surface area contributed by atoms with Crippen molar-refractivity contribution < 1.29 is 9.53 Å². The smallest absolute Gasteiger partial charge is 0.350 e. The quantitative estimate of drug-likeness (QED) is 0.450. The van der Waals surface area contributed by atoms with E-state index in [0.717, 1.165) is 10.8 Å². The normalized spacial score (nSPS) is 12.8. The summed E-state index contributed by atoms with van der Waals surface area (Å²) < 4.78 is 6.89. The maximum absolute atomic E-state index is 11.9. The maximum atomic E-state index is 11.9. The van der Waals surface area contributed by atoms with Gasteiger partial charge >= 0.3 is 5.97 Å². The van der Waals surface area contributed by atoms with Gasteiger partial charge in [0.05, 0.1) is 24.9 Å². The molecule has 9 nitrogen and oxygen atoms in total. The van der Waals surface area contributed by atoms with Crippen LogP contribution < -0.4 is 10.6 Å². The number of nitrogens with one attached hydrogen (secondary N) is 2. The van der Waals surface area contributed by atoms with E-state index in [0.29, 0.717) is 29.7 Å². The van der Waals surface area contributed by atoms with E-state index in [1.807, 2.05) is 18.5 Å². The molecule has 0 aliphatic rings. The third-order valence-electron chi connectivity index (χ3n) is 3.44. The Labute approximate surface area is 150 Å². The molecule has 2 aromatic heterocycles. The molecule has 0 aliphatic heterocycles. The highest BCUT2D eigenvalue weighted by Gasteiger charge is 2.20. The van der Waals surface area contributed by atoms with Gasteiger partial charge in [0.15, 0.2) is 11.8 Å². The zero-order valence-electron chi connectivity index (χ0n) is 15.0. The van der Waals surface area contributed by atoms with Crippen LogP contribution in [0.15, 0.2) is 11.3 Å². The van der Waals surface area contributed by atoms with Crippen molar-refractivity contribution in [3.63, 3.8) is 0 Å². The van der Waals surface area contributed by atoms with Gasteiger partial charge in [-0.05, 0) is 20.8 Å². The average Bonchev–Trinajstić information content (AvgIpc) is 3.17. The number of aliphatic imine (C=N–C) groups is 1. The topological polar surface area (TPSA) is 106 Å². The van der Waals surface area contributed by atoms with Crippen LogP contribution in [0.5, 0.6) is 0 Å². The molecule has 0 bridgehead atoms. The number of rotatable bonds is 6. The molecule has 0 radical (unpaired) electrons. The number of thiazole rings is 1. The van der Waals surface area contributed by atoms with Gasteiger partial charge in [0.25, 0.3) is 0 Å². The van der Waals surface area contributed by atoms with Crippen LogP contribution in [0.3, 0.4) is 0 Å². The SMILES string of the molecule is CCOC(=O)c1sc(C(C)NC(=NC)NCc2nncn2C)nc1C. The molecule has 2 rings (SSSR count). The summed E-state index contributed by atoms with van der Waals surface area (Å²) in [7, 11) is 3.57. The van der Waals surface area contributed by atoms with Crippen LogP contribution in [0.4, 0.5) is 0 Å². The number of esters is 1. The van der Waals surface area contributed by atoms with E-state index in [1.54, 1.807) is 27.2 Å². The first-order valence-electron chi connectivity index (χ1n) is 7.90. The van der Waals surface area contributed by atoms with Crippen molar-refractivity contribution in [2.75, 3.05) is 13.7 Å². The van der Waals surface area contributed by atoms with Gasteiger partial charge in [-0.25, -0.2) is 9.78 Å². The number of ether oxygens (including phenoxy) is 1. The molecule has 25 heavy (non-hydrogen) atoms. The lowest BCUT2D eigenvalue weighted by atomic mass is 10.3. The zero-order valence-corrected chi connectivity index (χ0v) is 15.8. The molecule has 2 heterocycles. The number of hydrogen-bond donors (Lipinski definition) is 2. The van der Waals surface area contributed by atoms with E-state index in [9.17, 15) is 4.79 Å². The van der Waals surface area contributed by atoms with Crippen molar-refractivity contribution in [1.82, 2.24) is 30.4 Å². The second-order valence-corrected chi connectivity index (χ2v) is 6.37. The molecule has 0 spiro atoms. The summed E-state index contributed by atoms with van der Waals surface area (Å²) in [5.74, 6) is 1.08. The van der Waals surface area contributed by atoms with Gasteiger partial charge < -0.3 is 19.9 Å². The van der Waals surface area contributed by atoms with Gasteiger partial charge in [-0.1, -0.05) is 0 Å². The summed E-state index contributed by atoms with van der Waals surface area (Å²) in [4.78, 5) is 21.1. The van der Waals surface area contributed by atoms with E-state index < -0.39 is 0 Å². The van der Waals surface area contributed by atoms with Crippen molar-refractivity contribution in [3.8, 4) is 0 Å². The molecular weight excluding hydrogens is 342 g/mol. The summed E-state index contributed by atoms with van der Waals surface area (Å²) in [6.45, 7) is 6.39. The Kier molecular flexibility index (Phi) is 6.45. The number of aryl methyl sites for hydroxylation is 2. The van der Waals surface area contributed by atoms with Gasteiger partial charge in [0.1, 0.15) is 16.2 Å². The predicted octanol–water partition coefficient (Wildman–Crippen LogP) is 1.18. The molecule has 0 aliphatic carbocycles. The number of guanidine groups is 1. The molecule has 0 amide bonds. The molecule has 0 aromatic carbocycles. The Morgan fingerprint density at radius 2 is 2.28 bits per heavy atom. The highest BCUT2D eigenvalue weighted by atomic mass is 32.1. The van der Waals surface area contributed by atoms with Gasteiger partial charge in [-0.3, -0.25) is 4.99 Å². The van der Waals surface area contributed by atoms with E-state index in [1.165, 1.54) is 11.3 Å². The van der Waals surface area contributed by atoms with Crippen molar-refractivity contribution in [2.24, 2.45) is 12.0 Å². The van der Waals surface area contributed by atoms with Crippen molar-refractivity contribution in [1.29, 1.82) is 0 Å². The molecule has 0 saturated carbocycles. The van der Waals surface area contributed by atoms with E-state index >= 15 is 0 Å². The minimum absolute atomic E-state index is 0.113. The van der Waals surface area contributed by atoms with Gasteiger partial charge in [0, 0.05) is 14.1 Å². The molecule has 2 aromatic rings. The highest BCUT2D eigenvalue weighted by Crippen LogP contribution is 2.24. The van der Waals surface area contributed by atoms with Crippen LogP contribution in [0.25, 0.3) is 0 Å². The first-order chi connectivity index (χ1) is 12.0. The number of hydrogen-bond acceptors (Lipinski definition) is 7. The van der Waals surface area contributed by atoms with Crippen LogP contribution >= 0.6 is 11.3 Å². The first kappa shape index (κ1) is 18.8. The number of nitrogens with zero attached hydrogens (tertiary/aromatic N) is 5. The van der Waals surface area contributed by atoms with Gasteiger partial charge in [-0.2, -0.15) is 0 Å². The van der Waals surface area contributed by atoms with E-state index in [4.69, 9.17) is 4.74 Å². The second kappa shape index (κ2) is 8.56. The maximum Gasteiger partial charge on any atom is 0.350 e. The Balaban J connectivity index is 2.00. The van der Waals surface area contributed by atoms with Crippen LogP contribution in [0.2, 0.25) is 0 Å². The minimum atomic E-state index is -0.333. The summed E-state index contributed by atoms with van der Waals surface area (Å²) in [6, 6.07) is -0.113. The lowest BCUT2D eigenvalue weighted by molar-refractivity contribution is 0.0531. The molecule has 0 fully saturated rings. The molecule has 1 atom stereocenters. The zero-order chi connectivity index (χ0) is 18.4. The number of carbonyl (C=O) groups excluding carboxylic acids is 1. The van der Waals surface area contributed by atoms with Crippen LogP contribution in [0.1, 0.15) is 46.1 Å². The lowest BCUT2D eigenvalue weighted by Gasteiger charge is -2.15. The third-order valence-corrected chi connectivity index (χ3v) is 4.76. The summed E-state index contributed by atoms with van der Waals surface area (Å²) in [5, 5.41) is 15.1. The van der Waals surface area contributed by atoms with E-state index in [-0.39, 0.29) is 12.0 Å². The number of aromatic nitrogens is 4. The van der Waals surface area contributed by atoms with Crippen LogP contribution in [-0.2, 0) is 18.3 Å². The summed E-state index contributed by atoms with van der Waals surface area (Å²) >= 11 is 1.33. The fourth-order valence-electron chi connectivity index (χ4n) is 2.08. The summed E-state index contributed by atoms with van der Waals surface area (Å²) in [5.41, 5.74) is 0.675. The molecule has 2 N–H and O–H groups in total. The van der Waals surface area contributed by atoms with Crippen molar-refractivity contribution in [2.45, 2.75) is 33.4 Å². The minimum Gasteiger partial charge on any atom is -0.462 e. The van der Waals surface area contributed by atoms with Gasteiger partial charge in [-0.15, -0.1) is 21.5 Å². The molecule has 0 saturated heterocycles. The van der Waals surface area contributed by atoms with Crippen molar-refractivity contribution >= 4 is 23.3 Å². The first-order valence-corrected chi connectivity index (χ1v) is 8.72. The van der Waals surface area contributed by atoms with Crippen molar-refractivity contribution in [3.05, 3.63) is 27.7 Å². The highest BCUT2D eigenvalue weighted by molar-refractivity contribution is 7.13. The van der Waals surface area contributed by atoms with E-state index in [2.05, 4.69) is 30.8 Å². The summed E-state index contributed by atoms with van der Waals surface area (Å²) in [6.07, 6.45) is 1.64.